The molecule has 2 N–H and O–H groups in total. The van der Waals surface area contributed by atoms with Crippen LogP contribution in [0, 0.1) is 0 Å². The van der Waals surface area contributed by atoms with Gasteiger partial charge in [-0.2, -0.15) is 0 Å². The first kappa shape index (κ1) is 11.5. The minimum atomic E-state index is -0.727. The number of likely N-dealkylation sites (tertiary alicyclic amines) is 1. The van der Waals surface area contributed by atoms with E-state index in [9.17, 15) is 4.79 Å². The molecule has 0 aromatic rings. The summed E-state index contributed by atoms with van der Waals surface area (Å²) in [4.78, 5) is 13.6. The van der Waals surface area contributed by atoms with E-state index in [1.165, 1.54) is 0 Å². The largest absolute Gasteiger partial charge is 0.369 e. The molecule has 1 amide bonds. The smallest absolute Gasteiger partial charge is 0.254 e. The zero-order chi connectivity index (χ0) is 11.0. The molecule has 1 fully saturated rings. The lowest BCUT2D eigenvalue weighted by Crippen LogP contribution is -2.70. The molecule has 0 aromatic carbocycles. The van der Waals surface area contributed by atoms with E-state index in [1.54, 1.807) is 25.9 Å². The van der Waals surface area contributed by atoms with Crippen molar-refractivity contribution in [2.75, 3.05) is 20.2 Å². The van der Waals surface area contributed by atoms with E-state index in [-0.39, 0.29) is 11.4 Å². The van der Waals surface area contributed by atoms with Gasteiger partial charge in [0.1, 0.15) is 5.60 Å². The highest BCUT2D eigenvalue weighted by molar-refractivity contribution is 5.85. The summed E-state index contributed by atoms with van der Waals surface area (Å²) in [6.07, 6.45) is 0.907. The van der Waals surface area contributed by atoms with Crippen LogP contribution in [0.4, 0.5) is 0 Å². The first-order chi connectivity index (χ1) is 6.34. The maximum Gasteiger partial charge on any atom is 0.254 e. The number of methoxy groups -OCH3 is 1. The topological polar surface area (TPSA) is 55.6 Å². The van der Waals surface area contributed by atoms with Crippen LogP contribution in [-0.4, -0.2) is 42.1 Å². The number of amides is 1. The SMILES string of the molecule is CCC1(N)CN(C(=O)C(C)(C)OC)C1. The van der Waals surface area contributed by atoms with Gasteiger partial charge < -0.3 is 15.4 Å². The summed E-state index contributed by atoms with van der Waals surface area (Å²) in [5.74, 6) is 0.0227. The predicted molar refractivity (Wildman–Crippen MR) is 54.9 cm³/mol. The zero-order valence-corrected chi connectivity index (χ0v) is 9.46. The van der Waals surface area contributed by atoms with Crippen LogP contribution in [0.1, 0.15) is 27.2 Å². The van der Waals surface area contributed by atoms with E-state index in [1.807, 2.05) is 6.92 Å². The van der Waals surface area contributed by atoms with Gasteiger partial charge in [0.25, 0.3) is 5.91 Å². The number of rotatable bonds is 3. The van der Waals surface area contributed by atoms with Crippen LogP contribution in [0.15, 0.2) is 0 Å². The third-order valence-electron chi connectivity index (χ3n) is 3.03. The van der Waals surface area contributed by atoms with E-state index >= 15 is 0 Å². The zero-order valence-electron chi connectivity index (χ0n) is 9.46. The molecule has 1 aliphatic rings. The molecule has 4 heteroatoms. The molecule has 1 heterocycles. The molecule has 14 heavy (non-hydrogen) atoms. The molecular weight excluding hydrogens is 180 g/mol. The molecule has 1 rings (SSSR count). The van der Waals surface area contributed by atoms with Crippen molar-refractivity contribution < 1.29 is 9.53 Å². The number of carbonyl (C=O) groups excluding carboxylic acids is 1. The second-order valence-electron chi connectivity index (χ2n) is 4.59. The molecule has 0 spiro atoms. The average Bonchev–Trinajstić information content (AvgIpc) is 2.11. The number of hydrogen-bond acceptors (Lipinski definition) is 3. The molecule has 0 saturated carbocycles. The second kappa shape index (κ2) is 3.51. The van der Waals surface area contributed by atoms with Gasteiger partial charge in [-0.1, -0.05) is 6.92 Å². The quantitative estimate of drug-likeness (QED) is 0.715. The molecule has 0 unspecified atom stereocenters. The first-order valence-electron chi connectivity index (χ1n) is 4.98. The number of nitrogens with two attached hydrogens (primary N) is 1. The number of hydrogen-bond donors (Lipinski definition) is 1. The second-order valence-corrected chi connectivity index (χ2v) is 4.59. The molecule has 4 nitrogen and oxygen atoms in total. The van der Waals surface area contributed by atoms with Crippen molar-refractivity contribution >= 4 is 5.91 Å². The fourth-order valence-corrected chi connectivity index (χ4v) is 1.55. The van der Waals surface area contributed by atoms with Gasteiger partial charge in [-0.25, -0.2) is 0 Å². The third kappa shape index (κ3) is 1.91. The van der Waals surface area contributed by atoms with Crippen molar-refractivity contribution in [2.45, 2.75) is 38.3 Å². The van der Waals surface area contributed by atoms with E-state index in [0.29, 0.717) is 13.1 Å². The Labute approximate surface area is 85.4 Å². The van der Waals surface area contributed by atoms with Crippen molar-refractivity contribution in [3.8, 4) is 0 Å². The Morgan fingerprint density at radius 2 is 2.07 bits per heavy atom. The van der Waals surface area contributed by atoms with Gasteiger partial charge in [0.15, 0.2) is 0 Å². The molecule has 82 valence electrons. The summed E-state index contributed by atoms with van der Waals surface area (Å²) >= 11 is 0. The Balaban J connectivity index is 2.52. The number of carbonyl (C=O) groups is 1. The molecule has 1 saturated heterocycles. The summed E-state index contributed by atoms with van der Waals surface area (Å²) < 4.78 is 5.13. The fourth-order valence-electron chi connectivity index (χ4n) is 1.55. The minimum Gasteiger partial charge on any atom is -0.369 e. The highest BCUT2D eigenvalue weighted by atomic mass is 16.5. The van der Waals surface area contributed by atoms with Gasteiger partial charge in [-0.3, -0.25) is 4.79 Å². The molecule has 0 bridgehead atoms. The molecule has 0 radical (unpaired) electrons. The van der Waals surface area contributed by atoms with Crippen molar-refractivity contribution in [3.63, 3.8) is 0 Å². The summed E-state index contributed by atoms with van der Waals surface area (Å²) in [5.41, 5.74) is 5.09. The lowest BCUT2D eigenvalue weighted by molar-refractivity contribution is -0.158. The standard InChI is InChI=1S/C10H20N2O2/c1-5-10(11)6-12(7-10)8(13)9(2,3)14-4/h5-7,11H2,1-4H3. The highest BCUT2D eigenvalue weighted by Gasteiger charge is 2.44. The maximum absolute atomic E-state index is 11.8. The van der Waals surface area contributed by atoms with Crippen molar-refractivity contribution in [2.24, 2.45) is 5.73 Å². The Morgan fingerprint density at radius 1 is 1.57 bits per heavy atom. The molecule has 0 atom stereocenters. The predicted octanol–water partition coefficient (Wildman–Crippen LogP) is 0.361. The van der Waals surface area contributed by atoms with Crippen LogP contribution >= 0.6 is 0 Å². The Morgan fingerprint density at radius 3 is 2.43 bits per heavy atom. The van der Waals surface area contributed by atoms with E-state index in [0.717, 1.165) is 6.42 Å². The summed E-state index contributed by atoms with van der Waals surface area (Å²) in [6.45, 7) is 6.89. The van der Waals surface area contributed by atoms with Crippen molar-refractivity contribution in [1.82, 2.24) is 4.90 Å². The average molecular weight is 200 g/mol. The van der Waals surface area contributed by atoms with E-state index in [4.69, 9.17) is 10.5 Å². The number of ether oxygens (including phenoxy) is 1. The molecule has 0 aliphatic carbocycles. The Kier molecular flexibility index (Phi) is 2.88. The van der Waals surface area contributed by atoms with Gasteiger partial charge in [0.2, 0.25) is 0 Å². The third-order valence-corrected chi connectivity index (χ3v) is 3.03. The number of nitrogens with zero attached hydrogens (tertiary/aromatic N) is 1. The van der Waals surface area contributed by atoms with E-state index in [2.05, 4.69) is 0 Å². The molecular formula is C10H20N2O2. The normalized spacial score (nSPS) is 20.5. The monoisotopic (exact) mass is 200 g/mol. The molecule has 1 aliphatic heterocycles. The van der Waals surface area contributed by atoms with Gasteiger partial charge in [-0.15, -0.1) is 0 Å². The van der Waals surface area contributed by atoms with Crippen LogP contribution in [-0.2, 0) is 9.53 Å². The maximum atomic E-state index is 11.8. The fraction of sp³-hybridized carbons (Fsp3) is 0.900. The van der Waals surface area contributed by atoms with E-state index < -0.39 is 5.60 Å². The van der Waals surface area contributed by atoms with Crippen LogP contribution in [0.5, 0.6) is 0 Å². The van der Waals surface area contributed by atoms with Crippen LogP contribution in [0.25, 0.3) is 0 Å². The van der Waals surface area contributed by atoms with Crippen LogP contribution < -0.4 is 5.73 Å². The lowest BCUT2D eigenvalue weighted by atomic mass is 9.87. The van der Waals surface area contributed by atoms with Gasteiger partial charge in [0, 0.05) is 20.2 Å². The van der Waals surface area contributed by atoms with Gasteiger partial charge in [-0.05, 0) is 20.3 Å². The Hall–Kier alpha value is -0.610. The van der Waals surface area contributed by atoms with Gasteiger partial charge in [0.05, 0.1) is 5.54 Å². The summed E-state index contributed by atoms with van der Waals surface area (Å²) in [5, 5.41) is 0. The van der Waals surface area contributed by atoms with Crippen molar-refractivity contribution in [1.29, 1.82) is 0 Å². The van der Waals surface area contributed by atoms with Crippen molar-refractivity contribution in [3.05, 3.63) is 0 Å². The van der Waals surface area contributed by atoms with Crippen LogP contribution in [0.2, 0.25) is 0 Å². The molecule has 0 aromatic heterocycles. The summed E-state index contributed by atoms with van der Waals surface area (Å²) in [6, 6.07) is 0. The minimum absolute atomic E-state index is 0.0227. The Bertz CT molecular complexity index is 232. The van der Waals surface area contributed by atoms with Gasteiger partial charge >= 0.3 is 0 Å². The van der Waals surface area contributed by atoms with Crippen LogP contribution in [0.3, 0.4) is 0 Å². The highest BCUT2D eigenvalue weighted by Crippen LogP contribution is 2.25. The first-order valence-corrected chi connectivity index (χ1v) is 4.98. The summed E-state index contributed by atoms with van der Waals surface area (Å²) in [7, 11) is 1.55. The lowest BCUT2D eigenvalue weighted by Gasteiger charge is -2.49.